The SMILES string of the molecule is O=C(c1cnccn1)N1CCC(Cn2nc(-c3ccccc3)ccc2=O)CC1. The minimum atomic E-state index is -0.0993. The van der Waals surface area contributed by atoms with E-state index in [2.05, 4.69) is 15.1 Å². The van der Waals surface area contributed by atoms with Gasteiger partial charge in [0, 0.05) is 43.7 Å². The molecule has 0 atom stereocenters. The van der Waals surface area contributed by atoms with Crippen LogP contribution < -0.4 is 5.56 Å². The second-order valence-corrected chi connectivity index (χ2v) is 6.93. The first kappa shape index (κ1) is 18.0. The molecule has 0 aliphatic carbocycles. The third-order valence-electron chi connectivity index (χ3n) is 5.05. The van der Waals surface area contributed by atoms with E-state index in [4.69, 9.17) is 0 Å². The second kappa shape index (κ2) is 8.12. The molecule has 1 saturated heterocycles. The van der Waals surface area contributed by atoms with Crippen molar-refractivity contribution in [3.8, 4) is 11.3 Å². The number of benzene rings is 1. The van der Waals surface area contributed by atoms with Crippen molar-refractivity contribution in [3.63, 3.8) is 0 Å². The zero-order chi connectivity index (χ0) is 19.3. The highest BCUT2D eigenvalue weighted by atomic mass is 16.2. The van der Waals surface area contributed by atoms with Crippen molar-refractivity contribution in [2.24, 2.45) is 5.92 Å². The lowest BCUT2D eigenvalue weighted by Gasteiger charge is -2.31. The maximum atomic E-state index is 12.5. The minimum Gasteiger partial charge on any atom is -0.337 e. The van der Waals surface area contributed by atoms with Crippen LogP contribution >= 0.6 is 0 Å². The van der Waals surface area contributed by atoms with Crippen molar-refractivity contribution in [3.05, 3.63) is 77.1 Å². The van der Waals surface area contributed by atoms with Gasteiger partial charge in [0.1, 0.15) is 5.69 Å². The normalized spacial score (nSPS) is 14.8. The van der Waals surface area contributed by atoms with Crippen LogP contribution in [0.3, 0.4) is 0 Å². The molecular formula is C21H21N5O2. The third kappa shape index (κ3) is 3.98. The summed E-state index contributed by atoms with van der Waals surface area (Å²) in [5, 5.41) is 4.54. The number of carbonyl (C=O) groups is 1. The average molecular weight is 375 g/mol. The monoisotopic (exact) mass is 375 g/mol. The summed E-state index contributed by atoms with van der Waals surface area (Å²) >= 11 is 0. The van der Waals surface area contributed by atoms with Gasteiger partial charge in [0.05, 0.1) is 11.9 Å². The van der Waals surface area contributed by atoms with Crippen LogP contribution in [0.2, 0.25) is 0 Å². The van der Waals surface area contributed by atoms with Crippen molar-refractivity contribution in [1.29, 1.82) is 0 Å². The van der Waals surface area contributed by atoms with Crippen molar-refractivity contribution in [2.45, 2.75) is 19.4 Å². The fourth-order valence-corrected chi connectivity index (χ4v) is 3.48. The third-order valence-corrected chi connectivity index (χ3v) is 5.05. The van der Waals surface area contributed by atoms with Gasteiger partial charge in [0.15, 0.2) is 0 Å². The lowest BCUT2D eigenvalue weighted by Crippen LogP contribution is -2.40. The molecule has 4 rings (SSSR count). The highest BCUT2D eigenvalue weighted by molar-refractivity contribution is 5.92. The van der Waals surface area contributed by atoms with E-state index in [-0.39, 0.29) is 11.5 Å². The van der Waals surface area contributed by atoms with Crippen molar-refractivity contribution < 1.29 is 4.79 Å². The van der Waals surface area contributed by atoms with E-state index >= 15 is 0 Å². The molecule has 3 heterocycles. The summed E-state index contributed by atoms with van der Waals surface area (Å²) in [5.74, 6) is 0.218. The Morgan fingerprint density at radius 2 is 1.82 bits per heavy atom. The number of carbonyl (C=O) groups excluding carboxylic acids is 1. The molecule has 0 unspecified atom stereocenters. The van der Waals surface area contributed by atoms with Crippen LogP contribution in [0.15, 0.2) is 65.8 Å². The summed E-state index contributed by atoms with van der Waals surface area (Å²) in [6.07, 6.45) is 6.23. The van der Waals surface area contributed by atoms with Crippen LogP contribution in [0.1, 0.15) is 23.3 Å². The van der Waals surface area contributed by atoms with E-state index in [9.17, 15) is 9.59 Å². The average Bonchev–Trinajstić information content (AvgIpc) is 2.76. The lowest BCUT2D eigenvalue weighted by molar-refractivity contribution is 0.0674. The van der Waals surface area contributed by atoms with Crippen LogP contribution in [-0.2, 0) is 6.54 Å². The predicted octanol–water partition coefficient (Wildman–Crippen LogP) is 2.25. The Labute approximate surface area is 162 Å². The minimum absolute atomic E-state index is 0.0899. The Balaban J connectivity index is 1.41. The van der Waals surface area contributed by atoms with E-state index in [1.54, 1.807) is 27.9 Å². The molecule has 0 saturated carbocycles. The van der Waals surface area contributed by atoms with E-state index in [1.165, 1.54) is 12.4 Å². The predicted molar refractivity (Wildman–Crippen MR) is 105 cm³/mol. The fraction of sp³-hybridized carbons (Fsp3) is 0.286. The number of amides is 1. The molecule has 7 nitrogen and oxygen atoms in total. The maximum Gasteiger partial charge on any atom is 0.274 e. The quantitative estimate of drug-likeness (QED) is 0.699. The number of aromatic nitrogens is 4. The molecule has 1 aliphatic heterocycles. The Morgan fingerprint density at radius 3 is 2.54 bits per heavy atom. The van der Waals surface area contributed by atoms with E-state index in [0.717, 1.165) is 24.1 Å². The maximum absolute atomic E-state index is 12.5. The van der Waals surface area contributed by atoms with Crippen molar-refractivity contribution in [1.82, 2.24) is 24.6 Å². The van der Waals surface area contributed by atoms with Gasteiger partial charge in [0.25, 0.3) is 11.5 Å². The number of hydrogen-bond acceptors (Lipinski definition) is 5. The van der Waals surface area contributed by atoms with Gasteiger partial charge in [-0.25, -0.2) is 9.67 Å². The molecule has 7 heteroatoms. The largest absolute Gasteiger partial charge is 0.337 e. The van der Waals surface area contributed by atoms with Crippen molar-refractivity contribution >= 4 is 5.91 Å². The molecular weight excluding hydrogens is 354 g/mol. The number of piperidine rings is 1. The van der Waals surface area contributed by atoms with E-state index < -0.39 is 0 Å². The van der Waals surface area contributed by atoms with Gasteiger partial charge in [-0.2, -0.15) is 5.10 Å². The van der Waals surface area contributed by atoms with Gasteiger partial charge in [-0.05, 0) is 24.8 Å². The van der Waals surface area contributed by atoms with Gasteiger partial charge in [-0.15, -0.1) is 0 Å². The molecule has 0 N–H and O–H groups in total. The van der Waals surface area contributed by atoms with Gasteiger partial charge in [0.2, 0.25) is 0 Å². The molecule has 0 spiro atoms. The first-order valence-corrected chi connectivity index (χ1v) is 9.39. The highest BCUT2D eigenvalue weighted by Crippen LogP contribution is 2.20. The summed E-state index contributed by atoms with van der Waals surface area (Å²) in [6, 6.07) is 13.2. The molecule has 1 amide bonds. The van der Waals surface area contributed by atoms with Crippen LogP contribution in [0.5, 0.6) is 0 Å². The number of hydrogen-bond donors (Lipinski definition) is 0. The topological polar surface area (TPSA) is 81.0 Å². The Bertz CT molecular complexity index is 996. The fourth-order valence-electron chi connectivity index (χ4n) is 3.48. The summed E-state index contributed by atoms with van der Waals surface area (Å²) in [4.78, 5) is 34.6. The van der Waals surface area contributed by atoms with Crippen LogP contribution in [-0.4, -0.2) is 43.6 Å². The molecule has 28 heavy (non-hydrogen) atoms. The van der Waals surface area contributed by atoms with Gasteiger partial charge in [-0.1, -0.05) is 30.3 Å². The van der Waals surface area contributed by atoms with Crippen molar-refractivity contribution in [2.75, 3.05) is 13.1 Å². The molecule has 1 fully saturated rings. The smallest absolute Gasteiger partial charge is 0.274 e. The lowest BCUT2D eigenvalue weighted by atomic mass is 9.96. The number of nitrogens with zero attached hydrogens (tertiary/aromatic N) is 5. The van der Waals surface area contributed by atoms with Gasteiger partial charge >= 0.3 is 0 Å². The van der Waals surface area contributed by atoms with Gasteiger partial charge < -0.3 is 4.90 Å². The summed E-state index contributed by atoms with van der Waals surface area (Å²) in [6.45, 7) is 1.85. The molecule has 1 aromatic carbocycles. The number of likely N-dealkylation sites (tertiary alicyclic amines) is 1. The summed E-state index contributed by atoms with van der Waals surface area (Å²) < 4.78 is 1.55. The Hall–Kier alpha value is -3.35. The Kier molecular flexibility index (Phi) is 5.23. The standard InChI is InChI=1S/C21H21N5O2/c27-20-7-6-18(17-4-2-1-3-5-17)24-26(20)15-16-8-12-25(13-9-16)21(28)19-14-22-10-11-23-19/h1-7,10-11,14,16H,8-9,12-13,15H2. The van der Waals surface area contributed by atoms with E-state index in [0.29, 0.717) is 31.2 Å². The molecule has 1 aliphatic rings. The molecule has 142 valence electrons. The molecule has 0 bridgehead atoms. The second-order valence-electron chi connectivity index (χ2n) is 6.93. The molecule has 0 radical (unpaired) electrons. The molecule has 3 aromatic rings. The van der Waals surface area contributed by atoms with Gasteiger partial charge in [-0.3, -0.25) is 14.6 Å². The zero-order valence-electron chi connectivity index (χ0n) is 15.4. The molecule has 2 aromatic heterocycles. The first-order chi connectivity index (χ1) is 13.7. The zero-order valence-corrected chi connectivity index (χ0v) is 15.4. The van der Waals surface area contributed by atoms with Crippen LogP contribution in [0.25, 0.3) is 11.3 Å². The Morgan fingerprint density at radius 1 is 1.04 bits per heavy atom. The summed E-state index contributed by atoms with van der Waals surface area (Å²) in [7, 11) is 0. The summed E-state index contributed by atoms with van der Waals surface area (Å²) in [5.41, 5.74) is 2.04. The first-order valence-electron chi connectivity index (χ1n) is 9.39. The van der Waals surface area contributed by atoms with E-state index in [1.807, 2.05) is 30.3 Å². The van der Waals surface area contributed by atoms with Crippen LogP contribution in [0, 0.1) is 5.92 Å². The highest BCUT2D eigenvalue weighted by Gasteiger charge is 2.25. The number of rotatable bonds is 4. The van der Waals surface area contributed by atoms with Crippen LogP contribution in [0.4, 0.5) is 0 Å².